The summed E-state index contributed by atoms with van der Waals surface area (Å²) in [5.41, 5.74) is 2.49. The number of anilines is 1. The van der Waals surface area contributed by atoms with Crippen LogP contribution in [0.3, 0.4) is 0 Å². The van der Waals surface area contributed by atoms with Crippen LogP contribution in [0.5, 0.6) is 0 Å². The molecule has 2 aliphatic rings. The Hall–Kier alpha value is -3.83. The number of hydrogen-bond acceptors (Lipinski definition) is 5. The van der Waals surface area contributed by atoms with Gasteiger partial charge < -0.3 is 20.3 Å². The fourth-order valence-corrected chi connectivity index (χ4v) is 6.31. The van der Waals surface area contributed by atoms with Crippen molar-refractivity contribution in [3.8, 4) is 0 Å². The Bertz CT molecular complexity index is 1610. The number of aryl methyl sites for hydroxylation is 1. The number of carbonyl (C=O) groups excluding carboxylic acids is 2. The van der Waals surface area contributed by atoms with Crippen LogP contribution in [0.2, 0.25) is 0 Å². The first-order chi connectivity index (χ1) is 18.0. The van der Waals surface area contributed by atoms with Gasteiger partial charge in [-0.25, -0.2) is 17.2 Å². The van der Waals surface area contributed by atoms with Gasteiger partial charge >= 0.3 is 0 Å². The lowest BCUT2D eigenvalue weighted by Crippen LogP contribution is -2.30. The summed E-state index contributed by atoms with van der Waals surface area (Å²) in [5.74, 6) is -3.48. The normalized spacial score (nSPS) is 18.2. The zero-order valence-corrected chi connectivity index (χ0v) is 21.5. The Labute approximate surface area is 217 Å². The minimum Gasteiger partial charge on any atom is -0.391 e. The van der Waals surface area contributed by atoms with Crippen LogP contribution in [-0.2, 0) is 20.4 Å². The van der Waals surface area contributed by atoms with Crippen molar-refractivity contribution in [1.29, 1.82) is 0 Å². The van der Waals surface area contributed by atoms with Crippen LogP contribution in [0, 0.1) is 25.5 Å². The molecule has 1 atom stereocenters. The topological polar surface area (TPSA) is 120 Å². The molecule has 3 aromatic rings. The highest BCUT2D eigenvalue weighted by atomic mass is 32.2. The Morgan fingerprint density at radius 2 is 1.89 bits per heavy atom. The number of aliphatic hydroxyl groups is 1. The van der Waals surface area contributed by atoms with Crippen LogP contribution in [0.4, 0.5) is 14.5 Å². The Kier molecular flexibility index (Phi) is 6.44. The summed E-state index contributed by atoms with van der Waals surface area (Å²) in [6, 6.07) is 7.15. The summed E-state index contributed by atoms with van der Waals surface area (Å²) >= 11 is 0. The predicted molar refractivity (Wildman–Crippen MR) is 137 cm³/mol. The van der Waals surface area contributed by atoms with Crippen molar-refractivity contribution < 1.29 is 31.9 Å². The lowest BCUT2D eigenvalue weighted by Gasteiger charge is -2.16. The number of aromatic amines is 1. The number of hydrogen-bond donors (Lipinski definition) is 3. The van der Waals surface area contributed by atoms with E-state index in [9.17, 15) is 31.9 Å². The van der Waals surface area contributed by atoms with Gasteiger partial charge in [-0.05, 0) is 62.2 Å². The maximum atomic E-state index is 14.1. The molecule has 5 rings (SSSR count). The molecular weight excluding hydrogens is 516 g/mol. The van der Waals surface area contributed by atoms with E-state index in [-0.39, 0.29) is 22.9 Å². The SMILES string of the molecule is Cc1[nH]c(C=C2C(=O)Nc3ccc(S(=O)(=O)Cc4c(F)cccc4F)cc32)c(C)c1C(=O)N1CC[C@@H](O)C1. The number of likely N-dealkylation sites (tertiary alicyclic amines) is 1. The van der Waals surface area contributed by atoms with Crippen LogP contribution in [-0.4, -0.2) is 54.4 Å². The van der Waals surface area contributed by atoms with E-state index < -0.39 is 44.8 Å². The number of nitrogens with zero attached hydrogens (tertiary/aromatic N) is 1. The number of amides is 2. The third kappa shape index (κ3) is 4.52. The van der Waals surface area contributed by atoms with E-state index in [4.69, 9.17) is 0 Å². The van der Waals surface area contributed by atoms with Gasteiger partial charge in [0, 0.05) is 41.3 Å². The smallest absolute Gasteiger partial charge is 0.256 e. The number of aromatic nitrogens is 1. The summed E-state index contributed by atoms with van der Waals surface area (Å²) < 4.78 is 54.3. The van der Waals surface area contributed by atoms with E-state index in [1.807, 2.05) is 0 Å². The molecule has 0 radical (unpaired) electrons. The molecule has 1 aromatic heterocycles. The quantitative estimate of drug-likeness (QED) is 0.427. The number of carbonyl (C=O) groups is 2. The first-order valence-corrected chi connectivity index (χ1v) is 13.6. The highest BCUT2D eigenvalue weighted by Gasteiger charge is 2.31. The molecule has 3 N–H and O–H groups in total. The summed E-state index contributed by atoms with van der Waals surface area (Å²) in [6.07, 6.45) is 1.50. The van der Waals surface area contributed by atoms with Crippen molar-refractivity contribution >= 4 is 39.0 Å². The Morgan fingerprint density at radius 3 is 2.55 bits per heavy atom. The second-order valence-electron chi connectivity index (χ2n) is 9.54. The van der Waals surface area contributed by atoms with Crippen LogP contribution >= 0.6 is 0 Å². The van der Waals surface area contributed by atoms with Crippen molar-refractivity contribution in [3.05, 3.63) is 81.7 Å². The number of β-amino-alcohol motifs (C(OH)–C–C–N with tert-alkyl or cyclic N) is 1. The third-order valence-electron chi connectivity index (χ3n) is 6.96. The second kappa shape index (κ2) is 9.48. The first kappa shape index (κ1) is 25.8. The first-order valence-electron chi connectivity index (χ1n) is 12.0. The Morgan fingerprint density at radius 1 is 1.18 bits per heavy atom. The monoisotopic (exact) mass is 541 g/mol. The standard InChI is InChI=1S/C27H25F2N3O5S/c1-14-24(30-15(2)25(14)27(35)32-9-8-16(33)12-32)11-19-18-10-17(6-7-23(18)31-26(19)34)38(36,37)13-20-21(28)4-3-5-22(20)29/h3-7,10-11,16,30,33H,8-9,12-13H2,1-2H3,(H,31,34)/t16-/m1/s1. The van der Waals surface area contributed by atoms with Gasteiger partial charge in [-0.2, -0.15) is 0 Å². The van der Waals surface area contributed by atoms with Gasteiger partial charge in [0.25, 0.3) is 11.8 Å². The fraction of sp³-hybridized carbons (Fsp3) is 0.259. The molecule has 2 aliphatic heterocycles. The molecule has 3 heterocycles. The van der Waals surface area contributed by atoms with E-state index in [2.05, 4.69) is 10.3 Å². The molecule has 2 amide bonds. The number of aliphatic hydroxyl groups excluding tert-OH is 1. The van der Waals surface area contributed by atoms with Crippen molar-refractivity contribution in [1.82, 2.24) is 9.88 Å². The molecule has 198 valence electrons. The molecule has 8 nitrogen and oxygen atoms in total. The minimum absolute atomic E-state index is 0.175. The summed E-state index contributed by atoms with van der Waals surface area (Å²) in [6.45, 7) is 4.19. The van der Waals surface area contributed by atoms with Crippen LogP contribution < -0.4 is 5.32 Å². The molecule has 38 heavy (non-hydrogen) atoms. The predicted octanol–water partition coefficient (Wildman–Crippen LogP) is 3.58. The number of benzene rings is 2. The van der Waals surface area contributed by atoms with Crippen LogP contribution in [0.1, 0.15) is 44.9 Å². The second-order valence-corrected chi connectivity index (χ2v) is 11.5. The van der Waals surface area contributed by atoms with Gasteiger partial charge in [0.1, 0.15) is 11.6 Å². The highest BCUT2D eigenvalue weighted by Crippen LogP contribution is 2.36. The third-order valence-corrected chi connectivity index (χ3v) is 8.60. The molecule has 1 fully saturated rings. The van der Waals surface area contributed by atoms with Gasteiger partial charge in [0.05, 0.1) is 27.9 Å². The average Bonchev–Trinajstić information content (AvgIpc) is 3.51. The van der Waals surface area contributed by atoms with Crippen molar-refractivity contribution in [2.24, 2.45) is 0 Å². The molecule has 0 aliphatic carbocycles. The lowest BCUT2D eigenvalue weighted by molar-refractivity contribution is -0.110. The number of rotatable bonds is 5. The highest BCUT2D eigenvalue weighted by molar-refractivity contribution is 7.90. The number of nitrogens with one attached hydrogen (secondary N) is 2. The minimum atomic E-state index is -4.15. The molecule has 0 saturated carbocycles. The van der Waals surface area contributed by atoms with Gasteiger partial charge in [0.2, 0.25) is 0 Å². The number of fused-ring (bicyclic) bond motifs is 1. The van der Waals surface area contributed by atoms with Crippen molar-refractivity contribution in [3.63, 3.8) is 0 Å². The molecule has 0 spiro atoms. The van der Waals surface area contributed by atoms with Crippen molar-refractivity contribution in [2.45, 2.75) is 37.0 Å². The maximum absolute atomic E-state index is 14.1. The summed E-state index contributed by atoms with van der Waals surface area (Å²) in [7, 11) is -4.15. The van der Waals surface area contributed by atoms with E-state index in [1.54, 1.807) is 24.8 Å². The number of H-pyrrole nitrogens is 1. The summed E-state index contributed by atoms with van der Waals surface area (Å²) in [4.78, 5) is 30.4. The molecule has 0 unspecified atom stereocenters. The largest absolute Gasteiger partial charge is 0.391 e. The van der Waals surface area contributed by atoms with Gasteiger partial charge in [-0.3, -0.25) is 9.59 Å². The van der Waals surface area contributed by atoms with Gasteiger partial charge in [-0.15, -0.1) is 0 Å². The molecule has 1 saturated heterocycles. The maximum Gasteiger partial charge on any atom is 0.256 e. The Balaban J connectivity index is 1.50. The number of halogens is 2. The van der Waals surface area contributed by atoms with E-state index in [0.717, 1.165) is 18.2 Å². The molecule has 0 bridgehead atoms. The zero-order chi connectivity index (χ0) is 27.4. The van der Waals surface area contributed by atoms with Crippen molar-refractivity contribution in [2.75, 3.05) is 18.4 Å². The van der Waals surface area contributed by atoms with Crippen LogP contribution in [0.25, 0.3) is 11.6 Å². The summed E-state index contributed by atoms with van der Waals surface area (Å²) in [5, 5.41) is 12.5. The molecule has 2 aromatic carbocycles. The van der Waals surface area contributed by atoms with E-state index >= 15 is 0 Å². The number of sulfone groups is 1. The average molecular weight is 542 g/mol. The van der Waals surface area contributed by atoms with E-state index in [0.29, 0.717) is 46.7 Å². The molecule has 11 heteroatoms. The van der Waals surface area contributed by atoms with Crippen LogP contribution in [0.15, 0.2) is 41.3 Å². The van der Waals surface area contributed by atoms with E-state index in [1.165, 1.54) is 18.2 Å². The fourth-order valence-electron chi connectivity index (χ4n) is 4.92. The molecular formula is C27H25F2N3O5S. The van der Waals surface area contributed by atoms with Gasteiger partial charge in [-0.1, -0.05) is 6.07 Å². The van der Waals surface area contributed by atoms with Gasteiger partial charge in [0.15, 0.2) is 9.84 Å². The zero-order valence-electron chi connectivity index (χ0n) is 20.6. The lowest BCUT2D eigenvalue weighted by atomic mass is 10.0.